The number of nitrogen functional groups attached to an aromatic ring is 1. The van der Waals surface area contributed by atoms with Crippen LogP contribution in [0.15, 0.2) is 12.7 Å². The molecule has 0 saturated carbocycles. The van der Waals surface area contributed by atoms with E-state index in [0.29, 0.717) is 11.2 Å². The summed E-state index contributed by atoms with van der Waals surface area (Å²) < 4.78 is 12.1. The quantitative estimate of drug-likeness (QED) is 0.433. The van der Waals surface area contributed by atoms with Crippen molar-refractivity contribution in [2.45, 2.75) is 37.4 Å². The molecule has 1 aliphatic rings. The Balaban J connectivity index is 1.80. The first-order valence-corrected chi connectivity index (χ1v) is 7.71. The molecule has 12 nitrogen and oxygen atoms in total. The number of nitrogens with two attached hydrogens (primary N) is 1. The average Bonchev–Trinajstić information content (AvgIpc) is 3.16. The van der Waals surface area contributed by atoms with Crippen LogP contribution in [0.25, 0.3) is 11.2 Å². The molecule has 1 fully saturated rings. The number of rotatable bonds is 6. The van der Waals surface area contributed by atoms with Gasteiger partial charge in [0.2, 0.25) is 0 Å². The zero-order valence-corrected chi connectivity index (χ0v) is 13.4. The van der Waals surface area contributed by atoms with Gasteiger partial charge >= 0.3 is 11.9 Å². The Kier molecular flexibility index (Phi) is 4.97. The van der Waals surface area contributed by atoms with Gasteiger partial charge in [0.05, 0.1) is 25.8 Å². The topological polar surface area (TPSA) is 183 Å². The van der Waals surface area contributed by atoms with Crippen LogP contribution in [0.2, 0.25) is 0 Å². The second-order valence-electron chi connectivity index (χ2n) is 5.67. The Labute approximate surface area is 146 Å². The predicted octanol–water partition coefficient (Wildman–Crippen LogP) is -1.56. The van der Waals surface area contributed by atoms with Crippen LogP contribution >= 0.6 is 0 Å². The van der Waals surface area contributed by atoms with Crippen LogP contribution in [0.5, 0.6) is 0 Å². The van der Waals surface area contributed by atoms with E-state index in [1.807, 2.05) is 0 Å². The van der Waals surface area contributed by atoms with E-state index in [-0.39, 0.29) is 12.2 Å². The fourth-order valence-corrected chi connectivity index (χ4v) is 2.72. The van der Waals surface area contributed by atoms with Crippen LogP contribution in [-0.4, -0.2) is 71.7 Å². The average molecular weight is 367 g/mol. The van der Waals surface area contributed by atoms with E-state index in [0.717, 1.165) is 0 Å². The van der Waals surface area contributed by atoms with Gasteiger partial charge in [-0.25, -0.2) is 15.0 Å². The van der Waals surface area contributed by atoms with Crippen molar-refractivity contribution >= 4 is 28.9 Å². The number of aliphatic hydroxyl groups is 2. The molecule has 26 heavy (non-hydrogen) atoms. The van der Waals surface area contributed by atoms with Gasteiger partial charge in [-0.2, -0.15) is 0 Å². The molecule has 2 aromatic rings. The molecule has 0 radical (unpaired) electrons. The molecular formula is C14H17N5O7. The lowest BCUT2D eigenvalue weighted by atomic mass is 10.1. The summed E-state index contributed by atoms with van der Waals surface area (Å²) in [6.45, 7) is -0.520. The Morgan fingerprint density at radius 1 is 1.31 bits per heavy atom. The first-order valence-electron chi connectivity index (χ1n) is 7.71. The number of carboxylic acid groups (broad SMARTS) is 1. The highest BCUT2D eigenvalue weighted by Gasteiger charge is 2.47. The third-order valence-corrected chi connectivity index (χ3v) is 3.96. The molecule has 140 valence electrons. The number of esters is 1. The minimum absolute atomic E-state index is 0.150. The molecule has 12 heteroatoms. The molecular weight excluding hydrogens is 350 g/mol. The first-order chi connectivity index (χ1) is 12.4. The van der Waals surface area contributed by atoms with Crippen molar-refractivity contribution in [2.24, 2.45) is 0 Å². The SMILES string of the molecule is Nc1ncnc2c1ncn2[C@@H]1O[C@H](CO)C(OC(=O)CCC(=O)O)[C@H]1O. The van der Waals surface area contributed by atoms with Crippen molar-refractivity contribution < 1.29 is 34.4 Å². The number of aliphatic carboxylic acids is 1. The number of carbonyl (C=O) groups is 2. The van der Waals surface area contributed by atoms with Crippen molar-refractivity contribution in [2.75, 3.05) is 12.3 Å². The first kappa shape index (κ1) is 18.0. The standard InChI is InChI=1S/C14H17N5O7/c15-12-9-13(17-4-16-12)19(5-18-9)14-10(24)11(6(3-20)25-14)26-8(23)2-1-7(21)22/h4-6,10-11,14,20,24H,1-3H2,(H,21,22)(H2,15,16,17)/t6-,10-,11?,14-/m1/s1. The van der Waals surface area contributed by atoms with Crippen LogP contribution in [0.1, 0.15) is 19.1 Å². The highest BCUT2D eigenvalue weighted by atomic mass is 16.6. The summed E-state index contributed by atoms with van der Waals surface area (Å²) in [4.78, 5) is 34.2. The molecule has 0 bridgehead atoms. The molecule has 1 unspecified atom stereocenters. The second-order valence-corrected chi connectivity index (χ2v) is 5.67. The van der Waals surface area contributed by atoms with Gasteiger partial charge in [-0.3, -0.25) is 14.2 Å². The zero-order valence-electron chi connectivity index (χ0n) is 13.4. The van der Waals surface area contributed by atoms with Crippen LogP contribution < -0.4 is 5.73 Å². The molecule has 0 amide bonds. The third-order valence-electron chi connectivity index (χ3n) is 3.96. The van der Waals surface area contributed by atoms with Gasteiger partial charge in [-0.1, -0.05) is 0 Å². The highest BCUT2D eigenvalue weighted by Crippen LogP contribution is 2.33. The van der Waals surface area contributed by atoms with E-state index in [2.05, 4.69) is 15.0 Å². The Hall–Kier alpha value is -2.83. The Bertz CT molecular complexity index is 825. The summed E-state index contributed by atoms with van der Waals surface area (Å²) >= 11 is 0. The Morgan fingerprint density at radius 2 is 2.08 bits per heavy atom. The maximum Gasteiger partial charge on any atom is 0.306 e. The maximum atomic E-state index is 11.8. The van der Waals surface area contributed by atoms with E-state index in [4.69, 9.17) is 20.3 Å². The highest BCUT2D eigenvalue weighted by molar-refractivity contribution is 5.81. The van der Waals surface area contributed by atoms with E-state index < -0.39 is 49.5 Å². The number of imidazole rings is 1. The molecule has 0 aliphatic carbocycles. The van der Waals surface area contributed by atoms with E-state index in [1.165, 1.54) is 17.2 Å². The van der Waals surface area contributed by atoms with E-state index in [1.54, 1.807) is 0 Å². The summed E-state index contributed by atoms with van der Waals surface area (Å²) in [7, 11) is 0. The number of aromatic nitrogens is 4. The minimum Gasteiger partial charge on any atom is -0.481 e. The number of anilines is 1. The molecule has 3 rings (SSSR count). The molecule has 1 aliphatic heterocycles. The molecule has 1 saturated heterocycles. The second kappa shape index (κ2) is 7.19. The van der Waals surface area contributed by atoms with Gasteiger partial charge in [0, 0.05) is 0 Å². The summed E-state index contributed by atoms with van der Waals surface area (Å²) in [5.41, 5.74) is 6.33. The molecule has 0 aromatic carbocycles. The number of hydrogen-bond acceptors (Lipinski definition) is 10. The fraction of sp³-hybridized carbons (Fsp3) is 0.500. The van der Waals surface area contributed by atoms with Crippen LogP contribution in [0.3, 0.4) is 0 Å². The zero-order chi connectivity index (χ0) is 18.8. The molecule has 2 aromatic heterocycles. The van der Waals surface area contributed by atoms with Crippen LogP contribution in [0, 0.1) is 0 Å². The molecule has 5 N–H and O–H groups in total. The summed E-state index contributed by atoms with van der Waals surface area (Å²) in [5, 5.41) is 28.6. The van der Waals surface area contributed by atoms with Gasteiger partial charge in [0.25, 0.3) is 0 Å². The van der Waals surface area contributed by atoms with Crippen molar-refractivity contribution in [1.29, 1.82) is 0 Å². The lowest BCUT2D eigenvalue weighted by Gasteiger charge is -2.19. The van der Waals surface area contributed by atoms with E-state index in [9.17, 15) is 19.8 Å². The van der Waals surface area contributed by atoms with Crippen molar-refractivity contribution in [3.8, 4) is 0 Å². The smallest absolute Gasteiger partial charge is 0.306 e. The van der Waals surface area contributed by atoms with Gasteiger partial charge in [0.1, 0.15) is 24.1 Å². The number of carbonyl (C=O) groups excluding carboxylic acids is 1. The predicted molar refractivity (Wildman–Crippen MR) is 83.5 cm³/mol. The molecule has 3 heterocycles. The normalized spacial score (nSPS) is 25.5. The molecule has 4 atom stereocenters. The summed E-state index contributed by atoms with van der Waals surface area (Å²) in [6, 6.07) is 0. The number of aliphatic hydroxyl groups excluding tert-OH is 2. The lowest BCUT2D eigenvalue weighted by Crippen LogP contribution is -2.38. The van der Waals surface area contributed by atoms with Gasteiger partial charge in [-0.15, -0.1) is 0 Å². The van der Waals surface area contributed by atoms with Crippen LogP contribution in [0.4, 0.5) is 5.82 Å². The lowest BCUT2D eigenvalue weighted by molar-refractivity contribution is -0.158. The molecule has 0 spiro atoms. The maximum absolute atomic E-state index is 11.8. The Morgan fingerprint density at radius 3 is 2.77 bits per heavy atom. The van der Waals surface area contributed by atoms with Crippen LogP contribution in [-0.2, 0) is 19.1 Å². The number of hydrogen-bond donors (Lipinski definition) is 4. The number of fused-ring (bicyclic) bond motifs is 1. The van der Waals surface area contributed by atoms with E-state index >= 15 is 0 Å². The summed E-state index contributed by atoms with van der Waals surface area (Å²) in [6.07, 6.45) is -2.75. The monoisotopic (exact) mass is 367 g/mol. The van der Waals surface area contributed by atoms with Crippen molar-refractivity contribution in [1.82, 2.24) is 19.5 Å². The number of ether oxygens (including phenoxy) is 2. The number of nitrogens with zero attached hydrogens (tertiary/aromatic N) is 4. The minimum atomic E-state index is -1.34. The fourth-order valence-electron chi connectivity index (χ4n) is 2.72. The van der Waals surface area contributed by atoms with Gasteiger partial charge in [0.15, 0.2) is 23.8 Å². The summed E-state index contributed by atoms with van der Waals surface area (Å²) in [5.74, 6) is -1.82. The largest absolute Gasteiger partial charge is 0.481 e. The van der Waals surface area contributed by atoms with Gasteiger partial charge < -0.3 is 30.5 Å². The van der Waals surface area contributed by atoms with Crippen molar-refractivity contribution in [3.05, 3.63) is 12.7 Å². The van der Waals surface area contributed by atoms with Crippen molar-refractivity contribution in [3.63, 3.8) is 0 Å². The van der Waals surface area contributed by atoms with Gasteiger partial charge in [-0.05, 0) is 0 Å². The number of carboxylic acids is 1. The third kappa shape index (κ3) is 3.29.